The van der Waals surface area contributed by atoms with Crippen LogP contribution in [0.3, 0.4) is 0 Å². The molecule has 0 aliphatic heterocycles. The molecule has 2 aromatic carbocycles. The number of hydrogen-bond acceptors (Lipinski definition) is 2. The van der Waals surface area contributed by atoms with E-state index in [0.29, 0.717) is 6.42 Å². The van der Waals surface area contributed by atoms with Crippen molar-refractivity contribution in [3.63, 3.8) is 0 Å². The Kier molecular flexibility index (Phi) is 5.82. The van der Waals surface area contributed by atoms with Gasteiger partial charge in [0.05, 0.1) is 5.25 Å². The first-order valence-electron chi connectivity index (χ1n) is 7.12. The second-order valence-corrected chi connectivity index (χ2v) is 6.19. The molecule has 0 N–H and O–H groups in total. The van der Waals surface area contributed by atoms with Crippen LogP contribution in [0.4, 0.5) is 0 Å². The molecule has 0 aliphatic carbocycles. The predicted octanol–water partition coefficient (Wildman–Crippen LogP) is 5.36. The molecule has 21 heavy (non-hydrogen) atoms. The van der Waals surface area contributed by atoms with Gasteiger partial charge in [0.25, 0.3) is 0 Å². The summed E-state index contributed by atoms with van der Waals surface area (Å²) in [6.07, 6.45) is 3.08. The zero-order chi connectivity index (χ0) is 15.1. The van der Waals surface area contributed by atoms with Crippen molar-refractivity contribution in [2.45, 2.75) is 29.9 Å². The van der Waals surface area contributed by atoms with Crippen LogP contribution in [0, 0.1) is 6.92 Å². The number of ketones is 1. The number of benzene rings is 2. The standard InChI is InChI=1S/C19H20OS/c1-3-4-10-18(20)19(16-13-11-15(2)12-14-16)21-17-8-6-5-7-9-17/h3,5-9,11-14,19H,1,4,10H2,2H3. The molecule has 0 bridgehead atoms. The lowest BCUT2D eigenvalue weighted by molar-refractivity contribution is -0.118. The SMILES string of the molecule is C=CCCC(=O)C(Sc1ccccc1)c1ccc(C)cc1. The summed E-state index contributed by atoms with van der Waals surface area (Å²) in [4.78, 5) is 13.6. The molecule has 1 unspecified atom stereocenters. The van der Waals surface area contributed by atoms with Crippen LogP contribution >= 0.6 is 11.8 Å². The van der Waals surface area contributed by atoms with Crippen molar-refractivity contribution in [1.29, 1.82) is 0 Å². The minimum Gasteiger partial charge on any atom is -0.298 e. The first-order chi connectivity index (χ1) is 10.2. The van der Waals surface area contributed by atoms with E-state index in [-0.39, 0.29) is 11.0 Å². The van der Waals surface area contributed by atoms with Crippen LogP contribution in [0.5, 0.6) is 0 Å². The van der Waals surface area contributed by atoms with Crippen LogP contribution < -0.4 is 0 Å². The molecular formula is C19H20OS. The maximum Gasteiger partial charge on any atom is 0.150 e. The molecule has 0 amide bonds. The van der Waals surface area contributed by atoms with Crippen LogP contribution in [0.25, 0.3) is 0 Å². The number of carbonyl (C=O) groups is 1. The van der Waals surface area contributed by atoms with E-state index >= 15 is 0 Å². The van der Waals surface area contributed by atoms with E-state index in [4.69, 9.17) is 0 Å². The Morgan fingerprint density at radius 2 is 1.81 bits per heavy atom. The topological polar surface area (TPSA) is 17.1 Å². The Bertz CT molecular complexity index is 587. The van der Waals surface area contributed by atoms with E-state index in [1.807, 2.05) is 30.3 Å². The lowest BCUT2D eigenvalue weighted by Crippen LogP contribution is -2.09. The second-order valence-electron chi connectivity index (χ2n) is 5.02. The highest BCUT2D eigenvalue weighted by Crippen LogP contribution is 2.37. The Balaban J connectivity index is 2.23. The minimum atomic E-state index is -0.145. The van der Waals surface area contributed by atoms with Crippen LogP contribution in [0.15, 0.2) is 72.1 Å². The summed E-state index contributed by atoms with van der Waals surface area (Å²) < 4.78 is 0. The molecule has 0 aromatic heterocycles. The highest BCUT2D eigenvalue weighted by Gasteiger charge is 2.21. The first kappa shape index (κ1) is 15.6. The zero-order valence-corrected chi connectivity index (χ0v) is 13.1. The highest BCUT2D eigenvalue weighted by molar-refractivity contribution is 8.00. The number of allylic oxidation sites excluding steroid dienone is 1. The summed E-state index contributed by atoms with van der Waals surface area (Å²) in [5, 5.41) is -0.145. The van der Waals surface area contributed by atoms with Gasteiger partial charge in [0.2, 0.25) is 0 Å². The monoisotopic (exact) mass is 296 g/mol. The van der Waals surface area contributed by atoms with Crippen molar-refractivity contribution < 1.29 is 4.79 Å². The van der Waals surface area contributed by atoms with E-state index < -0.39 is 0 Å². The summed E-state index contributed by atoms with van der Waals surface area (Å²) in [5.74, 6) is 0.257. The van der Waals surface area contributed by atoms with Gasteiger partial charge in [-0.2, -0.15) is 0 Å². The summed E-state index contributed by atoms with van der Waals surface area (Å²) in [6, 6.07) is 18.3. The van der Waals surface area contributed by atoms with Crippen molar-refractivity contribution in [3.8, 4) is 0 Å². The Morgan fingerprint density at radius 3 is 2.43 bits per heavy atom. The molecule has 2 heteroatoms. The van der Waals surface area contributed by atoms with E-state index in [2.05, 4.69) is 37.8 Å². The van der Waals surface area contributed by atoms with Crippen LogP contribution in [0.1, 0.15) is 29.2 Å². The van der Waals surface area contributed by atoms with Gasteiger partial charge >= 0.3 is 0 Å². The second kappa shape index (κ2) is 7.84. The number of Topliss-reactive ketones (excluding diaryl/α,β-unsaturated/α-hetero) is 1. The van der Waals surface area contributed by atoms with Gasteiger partial charge in [-0.05, 0) is 31.0 Å². The van der Waals surface area contributed by atoms with E-state index in [1.165, 1.54) is 5.56 Å². The highest BCUT2D eigenvalue weighted by atomic mass is 32.2. The van der Waals surface area contributed by atoms with Crippen molar-refractivity contribution in [2.75, 3.05) is 0 Å². The maximum absolute atomic E-state index is 12.5. The average molecular weight is 296 g/mol. The van der Waals surface area contributed by atoms with Crippen molar-refractivity contribution >= 4 is 17.5 Å². The van der Waals surface area contributed by atoms with Crippen molar-refractivity contribution in [2.24, 2.45) is 0 Å². The smallest absolute Gasteiger partial charge is 0.150 e. The Labute approximate surface area is 131 Å². The quantitative estimate of drug-likeness (QED) is 0.505. The number of thioether (sulfide) groups is 1. The molecule has 0 aliphatic rings. The Morgan fingerprint density at radius 1 is 1.14 bits per heavy atom. The summed E-state index contributed by atoms with van der Waals surface area (Å²) in [6.45, 7) is 5.76. The van der Waals surface area contributed by atoms with Gasteiger partial charge in [-0.3, -0.25) is 4.79 Å². The van der Waals surface area contributed by atoms with Gasteiger partial charge in [-0.1, -0.05) is 54.1 Å². The van der Waals surface area contributed by atoms with E-state index in [9.17, 15) is 4.79 Å². The van der Waals surface area contributed by atoms with Gasteiger partial charge in [-0.25, -0.2) is 0 Å². The largest absolute Gasteiger partial charge is 0.298 e. The number of hydrogen-bond donors (Lipinski definition) is 0. The third kappa shape index (κ3) is 4.61. The summed E-state index contributed by atoms with van der Waals surface area (Å²) in [7, 11) is 0. The van der Waals surface area contributed by atoms with Gasteiger partial charge in [-0.15, -0.1) is 18.3 Å². The molecule has 0 spiro atoms. The summed E-state index contributed by atoms with van der Waals surface area (Å²) >= 11 is 1.62. The zero-order valence-electron chi connectivity index (χ0n) is 12.3. The molecule has 0 radical (unpaired) electrons. The van der Waals surface area contributed by atoms with Crippen LogP contribution in [-0.2, 0) is 4.79 Å². The van der Waals surface area contributed by atoms with Crippen molar-refractivity contribution in [3.05, 3.63) is 78.4 Å². The lowest BCUT2D eigenvalue weighted by Gasteiger charge is -2.16. The van der Waals surface area contributed by atoms with Gasteiger partial charge in [0.15, 0.2) is 5.78 Å². The molecule has 0 fully saturated rings. The predicted molar refractivity (Wildman–Crippen MR) is 90.7 cm³/mol. The molecule has 0 saturated heterocycles. The fourth-order valence-corrected chi connectivity index (χ4v) is 3.20. The van der Waals surface area contributed by atoms with Gasteiger partial charge < -0.3 is 0 Å². The fourth-order valence-electron chi connectivity index (χ4n) is 2.07. The average Bonchev–Trinajstić information content (AvgIpc) is 2.52. The molecule has 108 valence electrons. The summed E-state index contributed by atoms with van der Waals surface area (Å²) in [5.41, 5.74) is 2.28. The fraction of sp³-hybridized carbons (Fsp3) is 0.211. The number of carbonyl (C=O) groups excluding carboxylic acids is 1. The Hall–Kier alpha value is -1.80. The molecule has 1 atom stereocenters. The molecule has 0 heterocycles. The maximum atomic E-state index is 12.5. The molecule has 0 saturated carbocycles. The molecular weight excluding hydrogens is 276 g/mol. The number of rotatable bonds is 7. The molecule has 2 aromatic rings. The molecule has 1 nitrogen and oxygen atoms in total. The minimum absolute atomic E-state index is 0.145. The first-order valence-corrected chi connectivity index (χ1v) is 8.00. The third-order valence-corrected chi connectivity index (χ3v) is 4.58. The van der Waals surface area contributed by atoms with Crippen LogP contribution in [-0.4, -0.2) is 5.78 Å². The van der Waals surface area contributed by atoms with Crippen LogP contribution in [0.2, 0.25) is 0 Å². The van der Waals surface area contributed by atoms with Gasteiger partial charge in [0.1, 0.15) is 0 Å². The lowest BCUT2D eigenvalue weighted by atomic mass is 10.0. The number of aryl methyl sites for hydroxylation is 1. The third-order valence-electron chi connectivity index (χ3n) is 3.26. The molecule has 2 rings (SSSR count). The van der Waals surface area contributed by atoms with Gasteiger partial charge in [0, 0.05) is 11.3 Å². The normalized spacial score (nSPS) is 11.9. The van der Waals surface area contributed by atoms with E-state index in [0.717, 1.165) is 16.9 Å². The van der Waals surface area contributed by atoms with E-state index in [1.54, 1.807) is 17.8 Å². The van der Waals surface area contributed by atoms with Crippen molar-refractivity contribution in [1.82, 2.24) is 0 Å².